The number of urea groups is 1. The number of amides is 3. The Bertz CT molecular complexity index is 727. The molecular weight excluding hydrogens is 336 g/mol. The van der Waals surface area contributed by atoms with Gasteiger partial charge < -0.3 is 16.0 Å². The van der Waals surface area contributed by atoms with Crippen LogP contribution in [0.3, 0.4) is 0 Å². The predicted octanol–water partition coefficient (Wildman–Crippen LogP) is 3.44. The first-order chi connectivity index (χ1) is 11.9. The van der Waals surface area contributed by atoms with E-state index in [9.17, 15) is 9.59 Å². The Balaban J connectivity index is 1.79. The van der Waals surface area contributed by atoms with Gasteiger partial charge in [0.1, 0.15) is 0 Å². The zero-order valence-electron chi connectivity index (χ0n) is 14.8. The summed E-state index contributed by atoms with van der Waals surface area (Å²) in [6, 6.07) is 7.24. The van der Waals surface area contributed by atoms with Crippen molar-refractivity contribution in [2.75, 3.05) is 5.32 Å². The number of nitrogens with zero attached hydrogens (tertiary/aromatic N) is 1. The molecular formula is C18H24N4O2S. The molecule has 0 atom stereocenters. The van der Waals surface area contributed by atoms with Crippen molar-refractivity contribution in [3.8, 4) is 0 Å². The number of aryl methyl sites for hydroxylation is 1. The lowest BCUT2D eigenvalue weighted by atomic mass is 10.1. The van der Waals surface area contributed by atoms with Crippen molar-refractivity contribution in [2.24, 2.45) is 5.92 Å². The molecule has 1 aromatic heterocycles. The molecule has 0 saturated carbocycles. The van der Waals surface area contributed by atoms with Crippen LogP contribution in [0.5, 0.6) is 0 Å². The predicted molar refractivity (Wildman–Crippen MR) is 100 cm³/mol. The lowest BCUT2D eigenvalue weighted by molar-refractivity contribution is -0.116. The number of thiazole rings is 1. The van der Waals surface area contributed by atoms with Crippen molar-refractivity contribution in [3.05, 3.63) is 45.9 Å². The van der Waals surface area contributed by atoms with Gasteiger partial charge >= 0.3 is 6.03 Å². The van der Waals surface area contributed by atoms with E-state index >= 15 is 0 Å². The first kappa shape index (κ1) is 18.9. The number of carbonyl (C=O) groups is 2. The fourth-order valence-corrected chi connectivity index (χ4v) is 2.98. The number of aromatic nitrogens is 1. The molecule has 0 bridgehead atoms. The van der Waals surface area contributed by atoms with Crippen LogP contribution in [0.25, 0.3) is 0 Å². The Hall–Kier alpha value is -2.41. The van der Waals surface area contributed by atoms with Gasteiger partial charge in [0.25, 0.3) is 0 Å². The minimum atomic E-state index is -0.236. The van der Waals surface area contributed by atoms with Crippen LogP contribution >= 0.6 is 11.3 Å². The van der Waals surface area contributed by atoms with E-state index in [1.54, 1.807) is 17.5 Å². The molecule has 1 heterocycles. The second-order valence-electron chi connectivity index (χ2n) is 6.23. The maximum absolute atomic E-state index is 11.9. The second kappa shape index (κ2) is 9.17. The summed E-state index contributed by atoms with van der Waals surface area (Å²) in [6.45, 7) is 6.80. The number of rotatable bonds is 7. The van der Waals surface area contributed by atoms with Crippen molar-refractivity contribution < 1.29 is 9.59 Å². The Morgan fingerprint density at radius 3 is 2.64 bits per heavy atom. The fraction of sp³-hybridized carbons (Fsp3) is 0.389. The van der Waals surface area contributed by atoms with E-state index in [0.717, 1.165) is 21.1 Å². The molecule has 0 aliphatic carbocycles. The standard InChI is InChI=1S/C18H24N4O2S/c1-12(2)7-17(23)22-15-6-4-5-14(8-15)9-20-18(24)21-11-16-10-19-13(3)25-16/h4-6,8,10,12H,7,9,11H2,1-3H3,(H,22,23)(H2,20,21,24). The van der Waals surface area contributed by atoms with Crippen molar-refractivity contribution in [2.45, 2.75) is 40.3 Å². The van der Waals surface area contributed by atoms with Gasteiger partial charge in [-0.2, -0.15) is 0 Å². The quantitative estimate of drug-likeness (QED) is 0.707. The number of nitrogens with one attached hydrogen (secondary N) is 3. The number of hydrogen-bond acceptors (Lipinski definition) is 4. The fourth-order valence-electron chi connectivity index (χ4n) is 2.24. The number of benzene rings is 1. The SMILES string of the molecule is Cc1ncc(CNC(=O)NCc2cccc(NC(=O)CC(C)C)c2)s1. The first-order valence-corrected chi connectivity index (χ1v) is 9.06. The van der Waals surface area contributed by atoms with Crippen LogP contribution < -0.4 is 16.0 Å². The maximum atomic E-state index is 11.9. The van der Waals surface area contributed by atoms with Crippen LogP contribution in [0, 0.1) is 12.8 Å². The summed E-state index contributed by atoms with van der Waals surface area (Å²) in [5.74, 6) is 0.314. The summed E-state index contributed by atoms with van der Waals surface area (Å²) in [7, 11) is 0. The van der Waals surface area contributed by atoms with Crippen LogP contribution in [0.4, 0.5) is 10.5 Å². The van der Waals surface area contributed by atoms with Crippen LogP contribution in [0.15, 0.2) is 30.5 Å². The Labute approximate surface area is 152 Å². The maximum Gasteiger partial charge on any atom is 0.315 e. The van der Waals surface area contributed by atoms with E-state index in [4.69, 9.17) is 0 Å². The van der Waals surface area contributed by atoms with Crippen LogP contribution in [-0.2, 0) is 17.9 Å². The Morgan fingerprint density at radius 1 is 1.20 bits per heavy atom. The molecule has 0 saturated heterocycles. The monoisotopic (exact) mass is 360 g/mol. The molecule has 0 radical (unpaired) electrons. The van der Waals surface area contributed by atoms with E-state index in [1.165, 1.54) is 0 Å². The largest absolute Gasteiger partial charge is 0.334 e. The van der Waals surface area contributed by atoms with Crippen LogP contribution in [-0.4, -0.2) is 16.9 Å². The molecule has 6 nitrogen and oxygen atoms in total. The third-order valence-electron chi connectivity index (χ3n) is 3.35. The average molecular weight is 360 g/mol. The molecule has 0 fully saturated rings. The van der Waals surface area contributed by atoms with Gasteiger partial charge in [0, 0.05) is 29.7 Å². The highest BCUT2D eigenvalue weighted by atomic mass is 32.1. The Morgan fingerprint density at radius 2 is 1.96 bits per heavy atom. The smallest absolute Gasteiger partial charge is 0.315 e. The molecule has 0 aliphatic heterocycles. The van der Waals surface area contributed by atoms with Gasteiger partial charge in [-0.05, 0) is 30.5 Å². The highest BCUT2D eigenvalue weighted by Crippen LogP contribution is 2.12. The molecule has 134 valence electrons. The average Bonchev–Trinajstić information content (AvgIpc) is 2.96. The molecule has 25 heavy (non-hydrogen) atoms. The molecule has 1 aromatic carbocycles. The van der Waals surface area contributed by atoms with E-state index < -0.39 is 0 Å². The minimum absolute atomic E-state index is 0.00213. The van der Waals surface area contributed by atoms with Crippen molar-refractivity contribution in [1.82, 2.24) is 15.6 Å². The summed E-state index contributed by atoms with van der Waals surface area (Å²) in [5, 5.41) is 9.47. The van der Waals surface area contributed by atoms with Crippen molar-refractivity contribution in [3.63, 3.8) is 0 Å². The molecule has 2 aromatic rings. The van der Waals surface area contributed by atoms with E-state index in [2.05, 4.69) is 20.9 Å². The summed E-state index contributed by atoms with van der Waals surface area (Å²) in [6.07, 6.45) is 2.26. The summed E-state index contributed by atoms with van der Waals surface area (Å²) < 4.78 is 0. The van der Waals surface area contributed by atoms with E-state index in [-0.39, 0.29) is 11.9 Å². The molecule has 0 aliphatic rings. The van der Waals surface area contributed by atoms with Gasteiger partial charge in [-0.15, -0.1) is 11.3 Å². The molecule has 3 amide bonds. The van der Waals surface area contributed by atoms with Crippen LogP contribution in [0.1, 0.15) is 35.7 Å². The van der Waals surface area contributed by atoms with Crippen molar-refractivity contribution >= 4 is 29.0 Å². The van der Waals surface area contributed by atoms with Gasteiger partial charge in [-0.1, -0.05) is 26.0 Å². The zero-order chi connectivity index (χ0) is 18.2. The molecule has 7 heteroatoms. The van der Waals surface area contributed by atoms with Gasteiger partial charge in [0.2, 0.25) is 5.91 Å². The molecule has 0 unspecified atom stereocenters. The van der Waals surface area contributed by atoms with Gasteiger partial charge in [-0.25, -0.2) is 9.78 Å². The van der Waals surface area contributed by atoms with Crippen molar-refractivity contribution in [1.29, 1.82) is 0 Å². The topological polar surface area (TPSA) is 83.1 Å². The van der Waals surface area contributed by atoms with Gasteiger partial charge in [0.15, 0.2) is 0 Å². The zero-order valence-corrected chi connectivity index (χ0v) is 15.6. The third-order valence-corrected chi connectivity index (χ3v) is 4.26. The van der Waals surface area contributed by atoms with Crippen LogP contribution in [0.2, 0.25) is 0 Å². The summed E-state index contributed by atoms with van der Waals surface area (Å²) >= 11 is 1.56. The Kier molecular flexibility index (Phi) is 6.94. The number of hydrogen-bond donors (Lipinski definition) is 3. The lowest BCUT2D eigenvalue weighted by Gasteiger charge is -2.10. The summed E-state index contributed by atoms with van der Waals surface area (Å²) in [5.41, 5.74) is 1.66. The number of carbonyl (C=O) groups excluding carboxylic acids is 2. The molecule has 2 rings (SSSR count). The van der Waals surface area contributed by atoms with Gasteiger partial charge in [0.05, 0.1) is 11.6 Å². The second-order valence-corrected chi connectivity index (χ2v) is 7.55. The highest BCUT2D eigenvalue weighted by Gasteiger charge is 2.06. The van der Waals surface area contributed by atoms with E-state index in [1.807, 2.05) is 45.0 Å². The first-order valence-electron chi connectivity index (χ1n) is 8.24. The van der Waals surface area contributed by atoms with E-state index in [0.29, 0.717) is 25.4 Å². The lowest BCUT2D eigenvalue weighted by Crippen LogP contribution is -2.34. The third kappa shape index (κ3) is 6.93. The normalized spacial score (nSPS) is 10.6. The highest BCUT2D eigenvalue weighted by molar-refractivity contribution is 7.11. The minimum Gasteiger partial charge on any atom is -0.334 e. The molecule has 3 N–H and O–H groups in total. The molecule has 0 spiro atoms. The summed E-state index contributed by atoms with van der Waals surface area (Å²) in [4.78, 5) is 28.9. The van der Waals surface area contributed by atoms with Gasteiger partial charge in [-0.3, -0.25) is 4.79 Å². The number of anilines is 1.